The average Bonchev–Trinajstić information content (AvgIpc) is 2.98. The molecule has 3 aromatic rings. The molecule has 0 bridgehead atoms. The predicted molar refractivity (Wildman–Crippen MR) is 101 cm³/mol. The zero-order chi connectivity index (χ0) is 18.4. The Bertz CT molecular complexity index is 1160. The maximum absolute atomic E-state index is 12.9. The van der Waals surface area contributed by atoms with Gasteiger partial charge in [-0.15, -0.1) is 0 Å². The van der Waals surface area contributed by atoms with Crippen LogP contribution in [0, 0.1) is 6.92 Å². The molecule has 0 amide bonds. The van der Waals surface area contributed by atoms with Crippen molar-refractivity contribution in [1.82, 2.24) is 9.55 Å². The van der Waals surface area contributed by atoms with Crippen LogP contribution in [0.3, 0.4) is 0 Å². The number of pyridine rings is 2. The lowest BCUT2D eigenvalue weighted by Crippen LogP contribution is -2.23. The van der Waals surface area contributed by atoms with Crippen LogP contribution in [0.2, 0.25) is 0 Å². The fourth-order valence-corrected chi connectivity index (χ4v) is 3.46. The Hall–Kier alpha value is -3.21. The first kappa shape index (κ1) is 16.3. The van der Waals surface area contributed by atoms with E-state index in [1.54, 1.807) is 24.5 Å². The highest BCUT2D eigenvalue weighted by molar-refractivity contribution is 5.85. The predicted octanol–water partition coefficient (Wildman–Crippen LogP) is 3.66. The van der Waals surface area contributed by atoms with Crippen LogP contribution in [0.4, 0.5) is 0 Å². The second-order valence-electron chi connectivity index (χ2n) is 6.39. The number of nitrogens with zero attached hydrogens (tertiary/aromatic N) is 2. The fraction of sp³-hybridized carbons (Fsp3) is 0.190. The van der Waals surface area contributed by atoms with Crippen LogP contribution in [0.15, 0.2) is 47.3 Å². The van der Waals surface area contributed by atoms with Crippen molar-refractivity contribution in [1.29, 1.82) is 0 Å². The summed E-state index contributed by atoms with van der Waals surface area (Å²) >= 11 is 0. The van der Waals surface area contributed by atoms with Crippen molar-refractivity contribution in [3.05, 3.63) is 69.5 Å². The van der Waals surface area contributed by atoms with E-state index < -0.39 is 5.97 Å². The zero-order valence-corrected chi connectivity index (χ0v) is 14.9. The summed E-state index contributed by atoms with van der Waals surface area (Å²) in [5.74, 6) is -0.0210. The van der Waals surface area contributed by atoms with E-state index in [1.165, 1.54) is 6.92 Å². The Morgan fingerprint density at radius 3 is 2.77 bits per heavy atom. The van der Waals surface area contributed by atoms with Gasteiger partial charge < -0.3 is 9.30 Å². The van der Waals surface area contributed by atoms with Crippen LogP contribution >= 0.6 is 0 Å². The number of benzene rings is 1. The Morgan fingerprint density at radius 1 is 1.27 bits per heavy atom. The average molecular weight is 346 g/mol. The summed E-state index contributed by atoms with van der Waals surface area (Å²) in [6, 6.07) is 11.9. The van der Waals surface area contributed by atoms with Crippen molar-refractivity contribution < 1.29 is 9.53 Å². The molecule has 5 heteroatoms. The van der Waals surface area contributed by atoms with Gasteiger partial charge in [-0.1, -0.05) is 18.2 Å². The van der Waals surface area contributed by atoms with Gasteiger partial charge in [0.1, 0.15) is 5.76 Å². The van der Waals surface area contributed by atoms with Gasteiger partial charge >= 0.3 is 5.97 Å². The van der Waals surface area contributed by atoms with Crippen LogP contribution < -0.4 is 5.56 Å². The zero-order valence-electron chi connectivity index (χ0n) is 14.9. The molecule has 5 nitrogen and oxygen atoms in total. The van der Waals surface area contributed by atoms with Gasteiger partial charge in [-0.3, -0.25) is 9.59 Å². The van der Waals surface area contributed by atoms with E-state index in [-0.39, 0.29) is 5.56 Å². The van der Waals surface area contributed by atoms with E-state index in [2.05, 4.69) is 6.07 Å². The van der Waals surface area contributed by atoms with Gasteiger partial charge in [0.05, 0.1) is 23.4 Å². The lowest BCUT2D eigenvalue weighted by atomic mass is 10.1. The number of carbonyl (C=O) groups excluding carboxylic acids is 1. The quantitative estimate of drug-likeness (QED) is 0.410. The number of fused-ring (bicyclic) bond motifs is 4. The number of allylic oxidation sites excluding steroid dienone is 1. The molecule has 0 N–H and O–H groups in total. The molecule has 0 saturated heterocycles. The number of esters is 1. The first-order chi connectivity index (χ1) is 12.5. The van der Waals surface area contributed by atoms with E-state index in [0.717, 1.165) is 27.9 Å². The standard InChI is InChI=1S/C21H18N2O3/c1-4-19(26-13(3)24)16-10-18-20-15(11-23(18)21(25)12(16)2)9-14-7-5-6-8-17(14)22-20/h4-10H,11H2,1-3H3/b19-4+. The molecular weight excluding hydrogens is 328 g/mol. The van der Waals surface area contributed by atoms with Crippen LogP contribution in [0.1, 0.15) is 30.5 Å². The third-order valence-corrected chi connectivity index (χ3v) is 4.70. The molecule has 1 aliphatic heterocycles. The van der Waals surface area contributed by atoms with Crippen molar-refractivity contribution in [3.8, 4) is 11.4 Å². The number of aromatic nitrogens is 2. The molecule has 130 valence electrons. The minimum absolute atomic E-state index is 0.0916. The molecule has 1 aromatic carbocycles. The van der Waals surface area contributed by atoms with E-state index in [9.17, 15) is 9.59 Å². The van der Waals surface area contributed by atoms with Crippen molar-refractivity contribution in [2.75, 3.05) is 0 Å². The first-order valence-corrected chi connectivity index (χ1v) is 8.48. The monoisotopic (exact) mass is 346 g/mol. The number of para-hydroxylation sites is 1. The summed E-state index contributed by atoms with van der Waals surface area (Å²) in [5.41, 5.74) is 4.56. The molecule has 4 rings (SSSR count). The largest absolute Gasteiger partial charge is 0.426 e. The second kappa shape index (κ2) is 5.95. The Balaban J connectivity index is 1.96. The topological polar surface area (TPSA) is 61.2 Å². The summed E-state index contributed by atoms with van der Waals surface area (Å²) in [6.45, 7) is 5.39. The molecule has 0 radical (unpaired) electrons. The fourth-order valence-electron chi connectivity index (χ4n) is 3.46. The Labute approximate surface area is 150 Å². The van der Waals surface area contributed by atoms with Gasteiger partial charge in [0, 0.05) is 29.0 Å². The lowest BCUT2D eigenvalue weighted by Gasteiger charge is -2.13. The number of carbonyl (C=O) groups is 1. The Morgan fingerprint density at radius 2 is 2.04 bits per heavy atom. The molecule has 1 aliphatic rings. The summed E-state index contributed by atoms with van der Waals surface area (Å²) in [6.07, 6.45) is 1.70. The van der Waals surface area contributed by atoms with Crippen LogP contribution in [0.25, 0.3) is 28.0 Å². The van der Waals surface area contributed by atoms with E-state index in [1.807, 2.05) is 30.3 Å². The van der Waals surface area contributed by atoms with Gasteiger partial charge in [0.2, 0.25) is 0 Å². The van der Waals surface area contributed by atoms with Gasteiger partial charge in [0.15, 0.2) is 0 Å². The normalized spacial score (nSPS) is 12.8. The number of ether oxygens (including phenoxy) is 1. The van der Waals surface area contributed by atoms with Gasteiger partial charge in [-0.2, -0.15) is 0 Å². The van der Waals surface area contributed by atoms with Crippen LogP contribution in [-0.2, 0) is 16.1 Å². The minimum Gasteiger partial charge on any atom is -0.426 e. The molecule has 0 atom stereocenters. The number of hydrogen-bond donors (Lipinski definition) is 0. The second-order valence-corrected chi connectivity index (χ2v) is 6.39. The maximum Gasteiger partial charge on any atom is 0.308 e. The highest BCUT2D eigenvalue weighted by atomic mass is 16.5. The summed E-state index contributed by atoms with van der Waals surface area (Å²) in [4.78, 5) is 29.1. The molecule has 0 fully saturated rings. The van der Waals surface area contributed by atoms with Gasteiger partial charge in [-0.05, 0) is 38.1 Å². The molecule has 3 heterocycles. The van der Waals surface area contributed by atoms with Crippen LogP contribution in [-0.4, -0.2) is 15.5 Å². The lowest BCUT2D eigenvalue weighted by molar-refractivity contribution is -0.134. The van der Waals surface area contributed by atoms with Crippen molar-refractivity contribution in [2.24, 2.45) is 0 Å². The van der Waals surface area contributed by atoms with Gasteiger partial charge in [0.25, 0.3) is 5.56 Å². The number of hydrogen-bond acceptors (Lipinski definition) is 4. The highest BCUT2D eigenvalue weighted by Gasteiger charge is 2.25. The summed E-state index contributed by atoms with van der Waals surface area (Å²) < 4.78 is 7.03. The van der Waals surface area contributed by atoms with E-state index >= 15 is 0 Å². The first-order valence-electron chi connectivity index (χ1n) is 8.48. The van der Waals surface area contributed by atoms with Crippen molar-refractivity contribution in [2.45, 2.75) is 27.3 Å². The van der Waals surface area contributed by atoms with Gasteiger partial charge in [-0.25, -0.2) is 4.98 Å². The molecule has 0 saturated carbocycles. The smallest absolute Gasteiger partial charge is 0.308 e. The molecule has 0 unspecified atom stereocenters. The van der Waals surface area contributed by atoms with E-state index in [0.29, 0.717) is 23.4 Å². The SMILES string of the molecule is C/C=C(/OC(C)=O)c1cc2n(c(=O)c1C)Cc1cc3ccccc3nc1-2. The van der Waals surface area contributed by atoms with E-state index in [4.69, 9.17) is 9.72 Å². The molecule has 2 aromatic heterocycles. The molecule has 26 heavy (non-hydrogen) atoms. The third kappa shape index (κ3) is 2.44. The number of rotatable bonds is 2. The van der Waals surface area contributed by atoms with Crippen LogP contribution in [0.5, 0.6) is 0 Å². The summed E-state index contributed by atoms with van der Waals surface area (Å²) in [7, 11) is 0. The molecular formula is C21H18N2O3. The van der Waals surface area contributed by atoms with Crippen molar-refractivity contribution >= 4 is 22.6 Å². The Kier molecular flexibility index (Phi) is 3.72. The maximum atomic E-state index is 12.9. The third-order valence-electron chi connectivity index (χ3n) is 4.70. The highest BCUT2D eigenvalue weighted by Crippen LogP contribution is 2.33. The summed E-state index contributed by atoms with van der Waals surface area (Å²) in [5, 5.41) is 1.05. The van der Waals surface area contributed by atoms with Crippen molar-refractivity contribution in [3.63, 3.8) is 0 Å². The molecule has 0 spiro atoms. The molecule has 0 aliphatic carbocycles. The minimum atomic E-state index is -0.414.